The van der Waals surface area contributed by atoms with Crippen molar-refractivity contribution >= 4 is 30.3 Å². The molecule has 2 N–H and O–H groups in total. The summed E-state index contributed by atoms with van der Waals surface area (Å²) >= 11 is 1.54. The van der Waals surface area contributed by atoms with Crippen LogP contribution in [0, 0.1) is 0 Å². The summed E-state index contributed by atoms with van der Waals surface area (Å²) in [4.78, 5) is 22.9. The topological polar surface area (TPSA) is 105 Å². The lowest BCUT2D eigenvalue weighted by molar-refractivity contribution is -0.146. The summed E-state index contributed by atoms with van der Waals surface area (Å²) in [6, 6.07) is 0.0731. The minimum Gasteiger partial charge on any atom is -0.399 e. The number of carbonyl (C=O) groups is 1. The van der Waals surface area contributed by atoms with Crippen molar-refractivity contribution in [3.8, 4) is 0 Å². The number of thioether (sulfide) groups is 1. The van der Waals surface area contributed by atoms with Crippen molar-refractivity contribution in [2.24, 2.45) is 0 Å². The maximum Gasteiger partial charge on any atom is 0.498 e. The van der Waals surface area contributed by atoms with Crippen LogP contribution in [0.2, 0.25) is 0 Å². The van der Waals surface area contributed by atoms with Crippen molar-refractivity contribution in [1.82, 2.24) is 14.9 Å². The van der Waals surface area contributed by atoms with Gasteiger partial charge in [0.1, 0.15) is 0 Å². The fourth-order valence-corrected chi connectivity index (χ4v) is 4.48. The molecular formula is C20H32BN3O5S. The van der Waals surface area contributed by atoms with E-state index in [0.29, 0.717) is 11.7 Å². The van der Waals surface area contributed by atoms with Gasteiger partial charge in [0, 0.05) is 36.2 Å². The van der Waals surface area contributed by atoms with E-state index in [-0.39, 0.29) is 11.9 Å². The predicted octanol–water partition coefficient (Wildman–Crippen LogP) is 0.992. The van der Waals surface area contributed by atoms with E-state index in [4.69, 9.17) is 14.4 Å². The number of carbonyl (C=O) groups excluding carboxylic acids is 1. The molecule has 0 saturated carbocycles. The zero-order chi connectivity index (χ0) is 21.9. The van der Waals surface area contributed by atoms with E-state index < -0.39 is 31.0 Å². The third-order valence-electron chi connectivity index (χ3n) is 6.22. The molecule has 0 radical (unpaired) electrons. The summed E-state index contributed by atoms with van der Waals surface area (Å²) in [5.74, 6) is 0.384. The molecule has 0 unspecified atom stereocenters. The smallest absolute Gasteiger partial charge is 0.399 e. The summed E-state index contributed by atoms with van der Waals surface area (Å²) < 4.78 is 12.1. The van der Waals surface area contributed by atoms with Gasteiger partial charge in [-0.3, -0.25) is 4.79 Å². The monoisotopic (exact) mass is 437 g/mol. The van der Waals surface area contributed by atoms with Crippen molar-refractivity contribution in [2.45, 2.75) is 81.9 Å². The minimum atomic E-state index is -1.33. The standard InChI is InChI=1S/C20H32BN3O5S/c1-19(2)20(3,4)29-21(28-19)14-11-22-18(23-12-14)30-10-8-15-7-5-6-9-24(15)17(27)16(26)13-25/h11-12,15-16,25-26H,5-10,13H2,1-4H3/t15-,16-/m1/s1. The number of rotatable bonds is 7. The summed E-state index contributed by atoms with van der Waals surface area (Å²) in [5, 5.41) is 19.4. The summed E-state index contributed by atoms with van der Waals surface area (Å²) in [5.41, 5.74) is -0.0178. The molecule has 0 bridgehead atoms. The lowest BCUT2D eigenvalue weighted by Crippen LogP contribution is -2.49. The van der Waals surface area contributed by atoms with E-state index in [1.54, 1.807) is 17.3 Å². The highest BCUT2D eigenvalue weighted by atomic mass is 32.2. The maximum absolute atomic E-state index is 12.3. The van der Waals surface area contributed by atoms with Crippen LogP contribution in [0.25, 0.3) is 0 Å². The average molecular weight is 437 g/mol. The molecule has 2 fully saturated rings. The molecule has 1 amide bonds. The van der Waals surface area contributed by atoms with E-state index >= 15 is 0 Å². The van der Waals surface area contributed by atoms with Crippen LogP contribution in [0.15, 0.2) is 17.6 Å². The predicted molar refractivity (Wildman–Crippen MR) is 116 cm³/mol. The maximum atomic E-state index is 12.3. The lowest BCUT2D eigenvalue weighted by atomic mass is 9.81. The number of likely N-dealkylation sites (tertiary alicyclic amines) is 1. The molecule has 8 nitrogen and oxygen atoms in total. The Morgan fingerprint density at radius 3 is 2.50 bits per heavy atom. The van der Waals surface area contributed by atoms with Crippen LogP contribution in [0.1, 0.15) is 53.4 Å². The molecule has 0 aromatic carbocycles. The molecule has 1 aromatic rings. The van der Waals surface area contributed by atoms with Gasteiger partial charge in [0.2, 0.25) is 0 Å². The average Bonchev–Trinajstić information content (AvgIpc) is 2.95. The quantitative estimate of drug-likeness (QED) is 0.370. The molecule has 2 aliphatic heterocycles. The van der Waals surface area contributed by atoms with E-state index in [0.717, 1.165) is 36.9 Å². The first-order valence-corrected chi connectivity index (χ1v) is 11.5. The Hall–Kier alpha value is -1.20. The Kier molecular flexibility index (Phi) is 7.45. The highest BCUT2D eigenvalue weighted by molar-refractivity contribution is 7.99. The van der Waals surface area contributed by atoms with Gasteiger partial charge in [-0.1, -0.05) is 11.8 Å². The van der Waals surface area contributed by atoms with E-state index in [2.05, 4.69) is 9.97 Å². The number of hydrogen-bond donors (Lipinski definition) is 2. The first-order chi connectivity index (χ1) is 14.1. The van der Waals surface area contributed by atoms with Gasteiger partial charge in [-0.15, -0.1) is 0 Å². The third-order valence-corrected chi connectivity index (χ3v) is 7.13. The first-order valence-electron chi connectivity index (χ1n) is 10.5. The van der Waals surface area contributed by atoms with Crippen LogP contribution in [-0.4, -0.2) is 80.4 Å². The van der Waals surface area contributed by atoms with Crippen molar-refractivity contribution in [2.75, 3.05) is 18.9 Å². The molecule has 0 aliphatic carbocycles. The molecule has 166 valence electrons. The van der Waals surface area contributed by atoms with Crippen LogP contribution < -0.4 is 5.46 Å². The number of piperidine rings is 1. The van der Waals surface area contributed by atoms with Gasteiger partial charge < -0.3 is 24.4 Å². The Morgan fingerprint density at radius 2 is 1.90 bits per heavy atom. The van der Waals surface area contributed by atoms with Crippen LogP contribution in [0.3, 0.4) is 0 Å². The SMILES string of the molecule is CC1(C)OB(c2cnc(SCC[C@H]3CCCCN3C(=O)[C@H](O)CO)nc2)OC1(C)C. The first kappa shape index (κ1) is 23.5. The zero-order valence-corrected chi connectivity index (χ0v) is 19.0. The molecule has 0 spiro atoms. The van der Waals surface area contributed by atoms with E-state index in [1.165, 1.54) is 11.8 Å². The number of hydrogen-bond acceptors (Lipinski definition) is 8. The highest BCUT2D eigenvalue weighted by Gasteiger charge is 2.51. The van der Waals surface area contributed by atoms with Crippen molar-refractivity contribution < 1.29 is 24.3 Å². The number of amides is 1. The van der Waals surface area contributed by atoms with Gasteiger partial charge in [-0.2, -0.15) is 0 Å². The van der Waals surface area contributed by atoms with Gasteiger partial charge in [0.05, 0.1) is 17.8 Å². The largest absolute Gasteiger partial charge is 0.498 e. The Bertz CT molecular complexity index is 718. The number of aliphatic hydroxyl groups excluding tert-OH is 2. The van der Waals surface area contributed by atoms with Crippen molar-refractivity contribution in [1.29, 1.82) is 0 Å². The van der Waals surface area contributed by atoms with Crippen LogP contribution >= 0.6 is 11.8 Å². The molecule has 30 heavy (non-hydrogen) atoms. The fraction of sp³-hybridized carbons (Fsp3) is 0.750. The van der Waals surface area contributed by atoms with Gasteiger partial charge >= 0.3 is 7.12 Å². The molecule has 3 heterocycles. The Labute approximate surface area is 182 Å². The summed E-state index contributed by atoms with van der Waals surface area (Å²) in [6.45, 7) is 8.13. The van der Waals surface area contributed by atoms with Crippen LogP contribution in [0.5, 0.6) is 0 Å². The zero-order valence-electron chi connectivity index (χ0n) is 18.2. The van der Waals surface area contributed by atoms with Gasteiger partial charge in [-0.25, -0.2) is 9.97 Å². The van der Waals surface area contributed by atoms with Crippen molar-refractivity contribution in [3.05, 3.63) is 12.4 Å². The Balaban J connectivity index is 1.52. The molecule has 10 heteroatoms. The lowest BCUT2D eigenvalue weighted by Gasteiger charge is -2.36. The Morgan fingerprint density at radius 1 is 1.27 bits per heavy atom. The van der Waals surface area contributed by atoms with Gasteiger partial charge in [-0.05, 0) is 53.4 Å². The third kappa shape index (κ3) is 5.16. The van der Waals surface area contributed by atoms with Gasteiger partial charge in [0.15, 0.2) is 11.3 Å². The van der Waals surface area contributed by atoms with E-state index in [9.17, 15) is 9.90 Å². The normalized spacial score (nSPS) is 24.1. The number of aliphatic hydroxyl groups is 2. The second kappa shape index (κ2) is 9.52. The number of aromatic nitrogens is 2. The molecular weight excluding hydrogens is 405 g/mol. The van der Waals surface area contributed by atoms with Crippen LogP contribution in [0.4, 0.5) is 0 Å². The molecule has 3 rings (SSSR count). The van der Waals surface area contributed by atoms with Crippen molar-refractivity contribution in [3.63, 3.8) is 0 Å². The number of nitrogens with zero attached hydrogens (tertiary/aromatic N) is 3. The molecule has 2 saturated heterocycles. The van der Waals surface area contributed by atoms with Gasteiger partial charge in [0.25, 0.3) is 5.91 Å². The minimum absolute atomic E-state index is 0.0731. The molecule has 2 aliphatic rings. The van der Waals surface area contributed by atoms with Crippen LogP contribution in [-0.2, 0) is 14.1 Å². The second-order valence-corrected chi connectivity index (χ2v) is 9.97. The second-order valence-electron chi connectivity index (χ2n) is 8.90. The molecule has 1 aromatic heterocycles. The molecule has 2 atom stereocenters. The summed E-state index contributed by atoms with van der Waals surface area (Å²) in [6.07, 6.45) is 5.84. The highest BCUT2D eigenvalue weighted by Crippen LogP contribution is 2.36. The fourth-order valence-electron chi connectivity index (χ4n) is 3.65. The van der Waals surface area contributed by atoms with E-state index in [1.807, 2.05) is 27.7 Å². The summed E-state index contributed by atoms with van der Waals surface area (Å²) in [7, 11) is -0.478.